The Balaban J connectivity index is 1.38. The van der Waals surface area contributed by atoms with Gasteiger partial charge in [-0.25, -0.2) is 14.5 Å². The summed E-state index contributed by atoms with van der Waals surface area (Å²) in [5.74, 6) is 0.198. The smallest absolute Gasteiger partial charge is 0.299 e. The maximum absolute atomic E-state index is 12.5. The summed E-state index contributed by atoms with van der Waals surface area (Å²) in [4.78, 5) is 24.4. The van der Waals surface area contributed by atoms with Gasteiger partial charge in [0, 0.05) is 28.3 Å². The molecule has 0 aliphatic heterocycles. The van der Waals surface area contributed by atoms with Crippen molar-refractivity contribution in [2.45, 2.75) is 6.92 Å². The quantitative estimate of drug-likeness (QED) is 0.293. The standard InChI is InChI=1S/C20H16ClN9OS/c1-10-5-11(25-19(31)16-8-30(2)9-22-16)6-15(24-10)18-27-20(32-29-18)26-14-4-3-13-12(17(14)21)7-23-28-13/h3-9H,1-2H3,(H3,23,24,25,26,27,28,29,31)/p+1. The first-order valence-electron chi connectivity index (χ1n) is 9.52. The molecule has 0 saturated heterocycles. The average Bonchev–Trinajstić information content (AvgIpc) is 3.50. The van der Waals surface area contributed by atoms with Crippen LogP contribution < -0.4 is 15.2 Å². The van der Waals surface area contributed by atoms with Crippen LogP contribution >= 0.6 is 23.1 Å². The van der Waals surface area contributed by atoms with E-state index >= 15 is 0 Å². The second-order valence-electron chi connectivity index (χ2n) is 7.12. The summed E-state index contributed by atoms with van der Waals surface area (Å²) in [6.07, 6.45) is 5.08. The molecule has 0 radical (unpaired) electrons. The summed E-state index contributed by atoms with van der Waals surface area (Å²) >= 11 is 7.67. The Labute approximate surface area is 190 Å². The van der Waals surface area contributed by atoms with Crippen LogP contribution in [0.15, 0.2) is 43.0 Å². The van der Waals surface area contributed by atoms with E-state index in [1.807, 2.05) is 26.1 Å². The number of nitrogens with zero attached hydrogens (tertiary/aromatic N) is 5. The summed E-state index contributed by atoms with van der Waals surface area (Å²) in [5, 5.41) is 14.9. The molecule has 0 fully saturated rings. The van der Waals surface area contributed by atoms with Crippen molar-refractivity contribution in [2.75, 3.05) is 10.6 Å². The predicted molar refractivity (Wildman–Crippen MR) is 122 cm³/mol. The van der Waals surface area contributed by atoms with E-state index in [-0.39, 0.29) is 5.91 Å². The maximum atomic E-state index is 12.5. The van der Waals surface area contributed by atoms with Crippen LogP contribution in [-0.4, -0.2) is 35.4 Å². The molecule has 0 aliphatic carbocycles. The van der Waals surface area contributed by atoms with Gasteiger partial charge in [-0.3, -0.25) is 9.89 Å². The van der Waals surface area contributed by atoms with Crippen LogP contribution in [0.1, 0.15) is 16.2 Å². The lowest BCUT2D eigenvalue weighted by molar-refractivity contribution is -0.670. The molecular formula is C20H17ClN9OS+. The lowest BCUT2D eigenvalue weighted by Gasteiger charge is -2.06. The summed E-state index contributed by atoms with van der Waals surface area (Å²) in [7, 11) is 1.84. The second kappa shape index (κ2) is 8.02. The van der Waals surface area contributed by atoms with E-state index in [9.17, 15) is 4.79 Å². The number of pyridine rings is 1. The van der Waals surface area contributed by atoms with Crippen molar-refractivity contribution in [3.8, 4) is 11.5 Å². The van der Waals surface area contributed by atoms with Gasteiger partial charge in [-0.05, 0) is 31.2 Å². The van der Waals surface area contributed by atoms with Crippen LogP contribution in [0.5, 0.6) is 0 Å². The minimum absolute atomic E-state index is 0.250. The van der Waals surface area contributed by atoms with E-state index in [4.69, 9.17) is 11.6 Å². The number of halogens is 1. The van der Waals surface area contributed by atoms with Gasteiger partial charge in [0.15, 0.2) is 5.82 Å². The van der Waals surface area contributed by atoms with E-state index in [1.54, 1.807) is 35.4 Å². The highest BCUT2D eigenvalue weighted by atomic mass is 35.5. The lowest BCUT2D eigenvalue weighted by atomic mass is 10.2. The molecule has 1 aromatic carbocycles. The third-order valence-corrected chi connectivity index (χ3v) is 5.71. The van der Waals surface area contributed by atoms with Crippen molar-refractivity contribution in [1.82, 2.24) is 29.5 Å². The fourth-order valence-electron chi connectivity index (χ4n) is 3.20. The molecule has 5 rings (SSSR count). The molecule has 4 aromatic heterocycles. The minimum atomic E-state index is -0.250. The largest absolute Gasteiger partial charge is 0.329 e. The summed E-state index contributed by atoms with van der Waals surface area (Å²) in [6, 6.07) is 7.27. The number of anilines is 3. The topological polar surface area (TPSA) is 128 Å². The molecule has 10 nitrogen and oxygen atoms in total. The van der Waals surface area contributed by atoms with E-state index in [0.29, 0.717) is 38.7 Å². The van der Waals surface area contributed by atoms with E-state index in [1.165, 1.54) is 11.5 Å². The number of hydrogen-bond acceptors (Lipinski definition) is 7. The Morgan fingerprint density at radius 1 is 1.25 bits per heavy atom. The number of rotatable bonds is 5. The van der Waals surface area contributed by atoms with Gasteiger partial charge < -0.3 is 10.6 Å². The highest BCUT2D eigenvalue weighted by Gasteiger charge is 2.16. The van der Waals surface area contributed by atoms with E-state index in [0.717, 1.165) is 16.6 Å². The molecule has 0 bridgehead atoms. The van der Waals surface area contributed by atoms with E-state index < -0.39 is 0 Å². The zero-order chi connectivity index (χ0) is 22.2. The fraction of sp³-hybridized carbons (Fsp3) is 0.100. The Morgan fingerprint density at radius 2 is 2.12 bits per heavy atom. The van der Waals surface area contributed by atoms with Crippen molar-refractivity contribution >= 4 is 56.4 Å². The number of carbonyl (C=O) groups is 1. The number of fused-ring (bicyclic) bond motifs is 1. The van der Waals surface area contributed by atoms with Crippen molar-refractivity contribution in [1.29, 1.82) is 0 Å². The molecular weight excluding hydrogens is 450 g/mol. The number of aromatic nitrogens is 7. The Kier molecular flexibility index (Phi) is 5.04. The number of hydrogen-bond donors (Lipinski definition) is 4. The first kappa shape index (κ1) is 20.1. The normalized spacial score (nSPS) is 11.1. The van der Waals surface area contributed by atoms with Gasteiger partial charge in [0.05, 0.1) is 29.5 Å². The third-order valence-electron chi connectivity index (χ3n) is 4.67. The molecule has 0 saturated carbocycles. The van der Waals surface area contributed by atoms with Gasteiger partial charge in [-0.15, -0.1) is 0 Å². The summed E-state index contributed by atoms with van der Waals surface area (Å²) in [6.45, 7) is 1.85. The number of aryl methyl sites for hydroxylation is 2. The van der Waals surface area contributed by atoms with Gasteiger partial charge >= 0.3 is 0 Å². The molecule has 0 spiro atoms. The number of nitrogens with one attached hydrogen (secondary N) is 4. The molecule has 4 heterocycles. The van der Waals surface area contributed by atoms with Crippen molar-refractivity contribution < 1.29 is 9.36 Å². The Morgan fingerprint density at radius 3 is 2.94 bits per heavy atom. The molecule has 0 atom stereocenters. The van der Waals surface area contributed by atoms with Gasteiger partial charge in [0.2, 0.25) is 17.2 Å². The fourth-order valence-corrected chi connectivity index (χ4v) is 4.05. The van der Waals surface area contributed by atoms with Gasteiger partial charge in [-0.1, -0.05) is 11.6 Å². The molecule has 4 N–H and O–H groups in total. The molecule has 0 unspecified atom stereocenters. The van der Waals surface area contributed by atoms with Crippen LogP contribution in [-0.2, 0) is 7.05 Å². The van der Waals surface area contributed by atoms with Crippen molar-refractivity contribution in [3.63, 3.8) is 0 Å². The number of imidazole rings is 1. The maximum Gasteiger partial charge on any atom is 0.299 e. The van der Waals surface area contributed by atoms with Crippen LogP contribution in [0, 0.1) is 6.92 Å². The minimum Gasteiger partial charge on any atom is -0.329 e. The summed E-state index contributed by atoms with van der Waals surface area (Å²) < 4.78 is 6.18. The zero-order valence-electron chi connectivity index (χ0n) is 17.0. The van der Waals surface area contributed by atoms with Crippen LogP contribution in [0.4, 0.5) is 16.5 Å². The molecule has 5 aromatic rings. The Bertz CT molecular complexity index is 1450. The molecule has 1 amide bonds. The van der Waals surface area contributed by atoms with Gasteiger partial charge in [-0.2, -0.15) is 14.5 Å². The predicted octanol–water partition coefficient (Wildman–Crippen LogP) is 3.59. The molecule has 12 heteroatoms. The number of benzene rings is 1. The monoisotopic (exact) mass is 466 g/mol. The first-order chi connectivity index (χ1) is 15.5. The zero-order valence-corrected chi connectivity index (χ0v) is 18.5. The Hall–Kier alpha value is -3.83. The van der Waals surface area contributed by atoms with Gasteiger partial charge in [0.25, 0.3) is 5.91 Å². The lowest BCUT2D eigenvalue weighted by Crippen LogP contribution is -2.23. The average molecular weight is 467 g/mol. The highest BCUT2D eigenvalue weighted by Crippen LogP contribution is 2.33. The van der Waals surface area contributed by atoms with Crippen LogP contribution in [0.25, 0.3) is 22.4 Å². The SMILES string of the molecule is Cc1cc(NC(=O)c2c[n+](C)c[nH]2)cc(-c2nsc(Nc3ccc4[nH]ncc4c3Cl)n2)n1. The first-order valence-corrected chi connectivity index (χ1v) is 10.7. The molecule has 32 heavy (non-hydrogen) atoms. The van der Waals surface area contributed by atoms with Crippen LogP contribution in [0.3, 0.4) is 0 Å². The second-order valence-corrected chi connectivity index (χ2v) is 8.25. The number of amides is 1. The number of carbonyl (C=O) groups excluding carboxylic acids is 1. The highest BCUT2D eigenvalue weighted by molar-refractivity contribution is 7.10. The van der Waals surface area contributed by atoms with Crippen LogP contribution in [0.2, 0.25) is 5.02 Å². The third kappa shape index (κ3) is 3.90. The number of aromatic amines is 2. The molecule has 0 aliphatic rings. The number of H-pyrrole nitrogens is 2. The van der Waals surface area contributed by atoms with Gasteiger partial charge in [0.1, 0.15) is 11.9 Å². The van der Waals surface area contributed by atoms with E-state index in [2.05, 4.69) is 40.2 Å². The van der Waals surface area contributed by atoms with Crippen molar-refractivity contribution in [2.24, 2.45) is 7.05 Å². The summed E-state index contributed by atoms with van der Waals surface area (Å²) in [5.41, 5.74) is 3.89. The molecule has 160 valence electrons. The van der Waals surface area contributed by atoms with Crippen molar-refractivity contribution in [3.05, 3.63) is 59.4 Å².